The van der Waals surface area contributed by atoms with E-state index in [1.54, 1.807) is 23.0 Å². The average Bonchev–Trinajstić information content (AvgIpc) is 3.03. The smallest absolute Gasteiger partial charge is 0.261 e. The quantitative estimate of drug-likeness (QED) is 0.664. The van der Waals surface area contributed by atoms with Gasteiger partial charge in [0.1, 0.15) is 0 Å². The first kappa shape index (κ1) is 19.2. The second-order valence-corrected chi connectivity index (χ2v) is 8.88. The lowest BCUT2D eigenvalue weighted by atomic mass is 10.0. The Labute approximate surface area is 161 Å². The van der Waals surface area contributed by atoms with Crippen LogP contribution in [0.4, 0.5) is 5.69 Å². The molecule has 0 saturated heterocycles. The minimum atomic E-state index is -3.63. The number of benzene rings is 2. The van der Waals surface area contributed by atoms with Crippen molar-refractivity contribution >= 4 is 15.7 Å². The van der Waals surface area contributed by atoms with Crippen LogP contribution in [-0.4, -0.2) is 18.2 Å². The Balaban J connectivity index is 1.71. The van der Waals surface area contributed by atoms with Crippen molar-refractivity contribution in [3.63, 3.8) is 0 Å². The van der Waals surface area contributed by atoms with Crippen molar-refractivity contribution in [2.24, 2.45) is 5.92 Å². The lowest BCUT2D eigenvalue weighted by Crippen LogP contribution is -2.12. The van der Waals surface area contributed by atoms with Crippen LogP contribution >= 0.6 is 0 Å². The molecule has 0 aliphatic heterocycles. The van der Waals surface area contributed by atoms with Crippen molar-refractivity contribution < 1.29 is 8.42 Å². The second kappa shape index (κ2) is 7.96. The number of hydrogen-bond acceptors (Lipinski definition) is 3. The molecule has 0 radical (unpaired) electrons. The van der Waals surface area contributed by atoms with Gasteiger partial charge in [-0.1, -0.05) is 50.2 Å². The number of rotatable bonds is 7. The summed E-state index contributed by atoms with van der Waals surface area (Å²) in [5, 5.41) is 4.27. The standard InChI is InChI=1S/C21H25N3O2S/c1-16(2)12-18-8-10-21(11-9-18)27(25,26)23-20-13-22-24(15-20)14-19-7-5-4-6-17(19)3/h4-11,13,15-16,23H,12,14H2,1-3H3. The van der Waals surface area contributed by atoms with Crippen LogP contribution < -0.4 is 4.72 Å². The fourth-order valence-corrected chi connectivity index (χ4v) is 3.98. The Hall–Kier alpha value is -2.60. The highest BCUT2D eigenvalue weighted by Crippen LogP contribution is 2.18. The molecule has 5 nitrogen and oxygen atoms in total. The predicted octanol–water partition coefficient (Wildman–Crippen LogP) is 4.24. The molecule has 3 aromatic rings. The fraction of sp³-hybridized carbons (Fsp3) is 0.286. The van der Waals surface area contributed by atoms with Gasteiger partial charge in [-0.05, 0) is 48.1 Å². The summed E-state index contributed by atoms with van der Waals surface area (Å²) in [6, 6.07) is 15.1. The van der Waals surface area contributed by atoms with Crippen LogP contribution in [0.5, 0.6) is 0 Å². The van der Waals surface area contributed by atoms with Crippen LogP contribution in [0.15, 0.2) is 65.8 Å². The minimum Gasteiger partial charge on any atom is -0.276 e. The van der Waals surface area contributed by atoms with Gasteiger partial charge in [0.2, 0.25) is 0 Å². The first-order chi connectivity index (χ1) is 12.8. The van der Waals surface area contributed by atoms with E-state index in [2.05, 4.69) is 23.7 Å². The van der Waals surface area contributed by atoms with Gasteiger partial charge in [-0.3, -0.25) is 9.40 Å². The van der Waals surface area contributed by atoms with E-state index in [1.807, 2.05) is 43.3 Å². The summed E-state index contributed by atoms with van der Waals surface area (Å²) in [4.78, 5) is 0.252. The van der Waals surface area contributed by atoms with Crippen LogP contribution in [0, 0.1) is 12.8 Å². The predicted molar refractivity (Wildman–Crippen MR) is 108 cm³/mol. The number of nitrogens with one attached hydrogen (secondary N) is 1. The van der Waals surface area contributed by atoms with Gasteiger partial charge in [0.25, 0.3) is 10.0 Å². The summed E-state index contributed by atoms with van der Waals surface area (Å²) in [5.74, 6) is 0.532. The highest BCUT2D eigenvalue weighted by Gasteiger charge is 2.15. The summed E-state index contributed by atoms with van der Waals surface area (Å²) in [7, 11) is -3.63. The van der Waals surface area contributed by atoms with Gasteiger partial charge in [-0.2, -0.15) is 5.10 Å². The third-order valence-corrected chi connectivity index (χ3v) is 5.75. The zero-order chi connectivity index (χ0) is 19.4. The van der Waals surface area contributed by atoms with Gasteiger partial charge in [0.15, 0.2) is 0 Å². The van der Waals surface area contributed by atoms with E-state index in [0.717, 1.165) is 17.5 Å². The molecular weight excluding hydrogens is 358 g/mol. The summed E-state index contributed by atoms with van der Waals surface area (Å²) < 4.78 is 29.5. The van der Waals surface area contributed by atoms with E-state index >= 15 is 0 Å². The molecule has 0 atom stereocenters. The molecule has 2 aromatic carbocycles. The average molecular weight is 384 g/mol. The molecule has 0 aliphatic rings. The van der Waals surface area contributed by atoms with Crippen molar-refractivity contribution in [3.8, 4) is 0 Å². The molecule has 0 spiro atoms. The highest BCUT2D eigenvalue weighted by molar-refractivity contribution is 7.92. The third kappa shape index (κ3) is 4.98. The zero-order valence-corrected chi connectivity index (χ0v) is 16.7. The maximum Gasteiger partial charge on any atom is 0.261 e. The Morgan fingerprint density at radius 3 is 2.44 bits per heavy atom. The van der Waals surface area contributed by atoms with Crippen LogP contribution in [-0.2, 0) is 23.0 Å². The van der Waals surface area contributed by atoms with Crippen molar-refractivity contribution in [2.75, 3.05) is 4.72 Å². The van der Waals surface area contributed by atoms with Gasteiger partial charge >= 0.3 is 0 Å². The largest absolute Gasteiger partial charge is 0.276 e. The molecule has 27 heavy (non-hydrogen) atoms. The van der Waals surface area contributed by atoms with Gasteiger partial charge in [0, 0.05) is 6.20 Å². The topological polar surface area (TPSA) is 64.0 Å². The monoisotopic (exact) mass is 383 g/mol. The maximum absolute atomic E-state index is 12.6. The van der Waals surface area contributed by atoms with Crippen molar-refractivity contribution in [3.05, 3.63) is 77.6 Å². The van der Waals surface area contributed by atoms with Crippen LogP contribution in [0.1, 0.15) is 30.5 Å². The van der Waals surface area contributed by atoms with Crippen molar-refractivity contribution in [2.45, 2.75) is 38.6 Å². The number of aryl methyl sites for hydroxylation is 1. The Morgan fingerprint density at radius 2 is 1.78 bits per heavy atom. The van der Waals surface area contributed by atoms with E-state index < -0.39 is 10.0 Å². The molecule has 0 unspecified atom stereocenters. The van der Waals surface area contributed by atoms with E-state index in [9.17, 15) is 8.42 Å². The lowest BCUT2D eigenvalue weighted by Gasteiger charge is -2.08. The number of aromatic nitrogens is 2. The molecule has 3 rings (SSSR count). The molecule has 0 bridgehead atoms. The Bertz CT molecular complexity index is 1010. The molecule has 6 heteroatoms. The maximum atomic E-state index is 12.6. The molecule has 142 valence electrons. The Morgan fingerprint density at radius 1 is 1.07 bits per heavy atom. The van der Waals surface area contributed by atoms with Crippen molar-refractivity contribution in [1.29, 1.82) is 0 Å². The zero-order valence-electron chi connectivity index (χ0n) is 15.9. The van der Waals surface area contributed by atoms with E-state index in [4.69, 9.17) is 0 Å². The summed E-state index contributed by atoms with van der Waals surface area (Å²) in [6.07, 6.45) is 4.17. The van der Waals surface area contributed by atoms with Crippen LogP contribution in [0.2, 0.25) is 0 Å². The molecule has 0 saturated carbocycles. The highest BCUT2D eigenvalue weighted by atomic mass is 32.2. The Kier molecular flexibility index (Phi) is 5.65. The molecular formula is C21H25N3O2S. The van der Waals surface area contributed by atoms with E-state index in [1.165, 1.54) is 11.8 Å². The fourth-order valence-electron chi connectivity index (χ4n) is 2.95. The molecule has 0 amide bonds. The van der Waals surface area contributed by atoms with E-state index in [-0.39, 0.29) is 4.90 Å². The number of sulfonamides is 1. The number of nitrogens with zero attached hydrogens (tertiary/aromatic N) is 2. The van der Waals surface area contributed by atoms with Gasteiger partial charge in [-0.15, -0.1) is 0 Å². The van der Waals surface area contributed by atoms with Gasteiger partial charge < -0.3 is 0 Å². The van der Waals surface area contributed by atoms with Gasteiger partial charge in [0.05, 0.1) is 23.3 Å². The van der Waals surface area contributed by atoms with Crippen LogP contribution in [0.3, 0.4) is 0 Å². The third-order valence-electron chi connectivity index (χ3n) is 4.36. The molecule has 0 aliphatic carbocycles. The normalized spacial score (nSPS) is 11.7. The molecule has 0 fully saturated rings. The molecule has 1 heterocycles. The number of anilines is 1. The summed E-state index contributed by atoms with van der Waals surface area (Å²) in [5.41, 5.74) is 3.91. The summed E-state index contributed by atoms with van der Waals surface area (Å²) >= 11 is 0. The van der Waals surface area contributed by atoms with Crippen molar-refractivity contribution in [1.82, 2.24) is 9.78 Å². The summed E-state index contributed by atoms with van der Waals surface area (Å²) in [6.45, 7) is 6.92. The molecule has 1 N–H and O–H groups in total. The minimum absolute atomic E-state index is 0.252. The first-order valence-electron chi connectivity index (χ1n) is 9.02. The van der Waals surface area contributed by atoms with E-state index in [0.29, 0.717) is 18.2 Å². The SMILES string of the molecule is Cc1ccccc1Cn1cc(NS(=O)(=O)c2ccc(CC(C)C)cc2)cn1. The van der Waals surface area contributed by atoms with Crippen LogP contribution in [0.25, 0.3) is 0 Å². The first-order valence-corrected chi connectivity index (χ1v) is 10.5. The molecule has 1 aromatic heterocycles. The van der Waals surface area contributed by atoms with Gasteiger partial charge in [-0.25, -0.2) is 8.42 Å². The second-order valence-electron chi connectivity index (χ2n) is 7.20. The number of hydrogen-bond donors (Lipinski definition) is 1. The lowest BCUT2D eigenvalue weighted by molar-refractivity contribution is 0.601.